The minimum Gasteiger partial charge on any atom is -0.396 e. The molecular formula is C10H13ClN2Si. The fourth-order valence-electron chi connectivity index (χ4n) is 0.806. The van der Waals surface area contributed by atoms with E-state index in [-0.39, 0.29) is 0 Å². The zero-order valence-electron chi connectivity index (χ0n) is 8.56. The van der Waals surface area contributed by atoms with Crippen LogP contribution in [-0.4, -0.2) is 13.1 Å². The highest BCUT2D eigenvalue weighted by Crippen LogP contribution is 2.14. The summed E-state index contributed by atoms with van der Waals surface area (Å²) in [7, 11) is -1.37. The standard InChI is InChI=1S/C10H13ClN2Si/c1-14(2,3)5-4-10-9(12)6-8(11)7-13-10/h6-7H,12H2,1-3H3. The number of nitrogens with two attached hydrogens (primary N) is 1. The van der Waals surface area contributed by atoms with Gasteiger partial charge in [0.05, 0.1) is 10.7 Å². The second-order valence-electron chi connectivity index (χ2n) is 4.09. The Hall–Kier alpha value is -0.983. The van der Waals surface area contributed by atoms with Crippen molar-refractivity contribution in [2.75, 3.05) is 5.73 Å². The average molecular weight is 225 g/mol. The predicted octanol–water partition coefficient (Wildman–Crippen LogP) is 2.55. The number of halogens is 1. The first-order valence-electron chi connectivity index (χ1n) is 4.33. The van der Waals surface area contributed by atoms with Crippen LogP contribution in [0.2, 0.25) is 24.7 Å². The molecule has 0 bridgehead atoms. The van der Waals surface area contributed by atoms with Crippen LogP contribution < -0.4 is 5.73 Å². The predicted molar refractivity (Wildman–Crippen MR) is 63.9 cm³/mol. The van der Waals surface area contributed by atoms with E-state index < -0.39 is 8.07 Å². The van der Waals surface area contributed by atoms with Crippen LogP contribution in [0.1, 0.15) is 5.69 Å². The Balaban J connectivity index is 3.02. The molecule has 4 heteroatoms. The monoisotopic (exact) mass is 224 g/mol. The SMILES string of the molecule is C[Si](C)(C)C#Cc1ncc(Cl)cc1N. The maximum absolute atomic E-state index is 5.73. The number of pyridine rings is 1. The number of anilines is 1. The van der Waals surface area contributed by atoms with Crippen molar-refractivity contribution in [3.63, 3.8) is 0 Å². The van der Waals surface area contributed by atoms with Crippen molar-refractivity contribution in [1.29, 1.82) is 0 Å². The molecule has 2 nitrogen and oxygen atoms in total. The summed E-state index contributed by atoms with van der Waals surface area (Å²) in [6, 6.07) is 1.67. The molecule has 0 aliphatic heterocycles. The first-order valence-corrected chi connectivity index (χ1v) is 8.20. The van der Waals surface area contributed by atoms with Crippen LogP contribution in [0.5, 0.6) is 0 Å². The summed E-state index contributed by atoms with van der Waals surface area (Å²) in [6.07, 6.45) is 1.56. The largest absolute Gasteiger partial charge is 0.396 e. The van der Waals surface area contributed by atoms with E-state index in [1.54, 1.807) is 12.3 Å². The fourth-order valence-corrected chi connectivity index (χ4v) is 1.47. The topological polar surface area (TPSA) is 38.9 Å². The summed E-state index contributed by atoms with van der Waals surface area (Å²) >= 11 is 5.73. The fraction of sp³-hybridized carbons (Fsp3) is 0.300. The van der Waals surface area contributed by atoms with E-state index in [1.165, 1.54) is 0 Å². The molecule has 0 aromatic carbocycles. The quantitative estimate of drug-likeness (QED) is 0.544. The van der Waals surface area contributed by atoms with Crippen LogP contribution in [-0.2, 0) is 0 Å². The number of aromatic nitrogens is 1. The molecule has 0 saturated heterocycles. The van der Waals surface area contributed by atoms with Crippen molar-refractivity contribution in [1.82, 2.24) is 4.98 Å². The molecule has 2 N–H and O–H groups in total. The summed E-state index contributed by atoms with van der Waals surface area (Å²) in [4.78, 5) is 4.07. The van der Waals surface area contributed by atoms with Gasteiger partial charge in [0.25, 0.3) is 0 Å². The van der Waals surface area contributed by atoms with E-state index >= 15 is 0 Å². The second kappa shape index (κ2) is 4.03. The van der Waals surface area contributed by atoms with Crippen LogP contribution in [0.15, 0.2) is 12.3 Å². The van der Waals surface area contributed by atoms with Gasteiger partial charge in [-0.3, -0.25) is 0 Å². The summed E-state index contributed by atoms with van der Waals surface area (Å²) < 4.78 is 0. The zero-order valence-corrected chi connectivity index (χ0v) is 10.3. The number of nitrogens with zero attached hydrogens (tertiary/aromatic N) is 1. The van der Waals surface area contributed by atoms with Crippen molar-refractivity contribution in [2.24, 2.45) is 0 Å². The van der Waals surface area contributed by atoms with Gasteiger partial charge in [0.1, 0.15) is 13.8 Å². The van der Waals surface area contributed by atoms with Gasteiger partial charge in [0.2, 0.25) is 0 Å². The molecular weight excluding hydrogens is 212 g/mol. The van der Waals surface area contributed by atoms with Gasteiger partial charge in [-0.15, -0.1) is 5.54 Å². The molecule has 74 valence electrons. The zero-order chi connectivity index (χ0) is 10.8. The van der Waals surface area contributed by atoms with E-state index in [0.717, 1.165) is 0 Å². The molecule has 0 unspecified atom stereocenters. The van der Waals surface area contributed by atoms with E-state index in [4.69, 9.17) is 17.3 Å². The van der Waals surface area contributed by atoms with Crippen molar-refractivity contribution in [2.45, 2.75) is 19.6 Å². The lowest BCUT2D eigenvalue weighted by Crippen LogP contribution is -2.16. The smallest absolute Gasteiger partial charge is 0.135 e. The van der Waals surface area contributed by atoms with Crippen molar-refractivity contribution >= 4 is 25.4 Å². The van der Waals surface area contributed by atoms with Crippen LogP contribution in [0.3, 0.4) is 0 Å². The third-order valence-corrected chi connectivity index (χ3v) is 2.52. The van der Waals surface area contributed by atoms with Gasteiger partial charge in [-0.25, -0.2) is 4.98 Å². The van der Waals surface area contributed by atoms with Gasteiger partial charge < -0.3 is 5.73 Å². The average Bonchev–Trinajstić information content (AvgIpc) is 2.00. The van der Waals surface area contributed by atoms with E-state index in [9.17, 15) is 0 Å². The molecule has 0 amide bonds. The molecule has 0 aliphatic rings. The highest BCUT2D eigenvalue weighted by atomic mass is 35.5. The van der Waals surface area contributed by atoms with Crippen molar-refractivity contribution in [3.8, 4) is 11.5 Å². The molecule has 0 aliphatic carbocycles. The Morgan fingerprint density at radius 1 is 1.43 bits per heavy atom. The Bertz CT molecular complexity index is 399. The molecule has 0 saturated carbocycles. The van der Waals surface area contributed by atoms with Crippen molar-refractivity contribution < 1.29 is 0 Å². The highest BCUT2D eigenvalue weighted by Gasteiger charge is 2.08. The van der Waals surface area contributed by atoms with Crippen LogP contribution >= 0.6 is 11.6 Å². The van der Waals surface area contributed by atoms with Gasteiger partial charge in [-0.1, -0.05) is 37.2 Å². The summed E-state index contributed by atoms with van der Waals surface area (Å²) in [5.41, 5.74) is 10.1. The highest BCUT2D eigenvalue weighted by molar-refractivity contribution is 6.83. The molecule has 0 radical (unpaired) electrons. The number of hydrogen-bond acceptors (Lipinski definition) is 2. The normalized spacial score (nSPS) is 10.6. The molecule has 1 aromatic rings. The van der Waals surface area contributed by atoms with Gasteiger partial charge in [-0.2, -0.15) is 0 Å². The summed E-state index contributed by atoms with van der Waals surface area (Å²) in [5.74, 6) is 3.00. The lowest BCUT2D eigenvalue weighted by molar-refractivity contribution is 1.29. The maximum Gasteiger partial charge on any atom is 0.135 e. The number of nitrogen functional groups attached to an aromatic ring is 1. The van der Waals surface area contributed by atoms with Crippen molar-refractivity contribution in [3.05, 3.63) is 23.0 Å². The Morgan fingerprint density at radius 2 is 2.07 bits per heavy atom. The summed E-state index contributed by atoms with van der Waals surface area (Å²) in [6.45, 7) is 6.52. The molecule has 1 aromatic heterocycles. The molecule has 1 heterocycles. The molecule has 14 heavy (non-hydrogen) atoms. The van der Waals surface area contributed by atoms with E-state index in [0.29, 0.717) is 16.4 Å². The van der Waals surface area contributed by atoms with Crippen LogP contribution in [0, 0.1) is 11.5 Å². The Labute approximate surface area is 90.5 Å². The van der Waals surface area contributed by atoms with E-state index in [2.05, 4.69) is 36.1 Å². The molecule has 0 spiro atoms. The van der Waals surface area contributed by atoms with Crippen LogP contribution in [0.25, 0.3) is 0 Å². The van der Waals surface area contributed by atoms with Gasteiger partial charge in [-0.05, 0) is 6.07 Å². The summed E-state index contributed by atoms with van der Waals surface area (Å²) in [5, 5.41) is 0.543. The minimum absolute atomic E-state index is 0.543. The molecule has 0 atom stereocenters. The van der Waals surface area contributed by atoms with Crippen LogP contribution in [0.4, 0.5) is 5.69 Å². The van der Waals surface area contributed by atoms with Gasteiger partial charge in [0.15, 0.2) is 0 Å². The molecule has 1 rings (SSSR count). The first-order chi connectivity index (χ1) is 6.38. The first kappa shape index (κ1) is 11.1. The third-order valence-electron chi connectivity index (χ3n) is 1.44. The maximum atomic E-state index is 5.73. The van der Waals surface area contributed by atoms with Gasteiger partial charge in [0, 0.05) is 6.20 Å². The number of rotatable bonds is 0. The molecule has 0 fully saturated rings. The van der Waals surface area contributed by atoms with Gasteiger partial charge >= 0.3 is 0 Å². The lowest BCUT2D eigenvalue weighted by atomic mass is 10.3. The second-order valence-corrected chi connectivity index (χ2v) is 9.28. The Kier molecular flexibility index (Phi) is 3.20. The third kappa shape index (κ3) is 3.41. The number of hydrogen-bond donors (Lipinski definition) is 1. The van der Waals surface area contributed by atoms with E-state index in [1.807, 2.05) is 0 Å². The Morgan fingerprint density at radius 3 is 2.57 bits per heavy atom. The lowest BCUT2D eigenvalue weighted by Gasteiger charge is -2.03. The minimum atomic E-state index is -1.37.